The Morgan fingerprint density at radius 1 is 0.679 bits per heavy atom. The molecule has 28 heavy (non-hydrogen) atoms. The topological polar surface area (TPSA) is 0 Å². The van der Waals surface area contributed by atoms with E-state index in [-0.39, 0.29) is 0 Å². The zero-order chi connectivity index (χ0) is 19.6. The van der Waals surface area contributed by atoms with E-state index >= 15 is 0 Å². The highest BCUT2D eigenvalue weighted by Crippen LogP contribution is 2.39. The van der Waals surface area contributed by atoms with E-state index in [1.54, 1.807) is 16.7 Å². The van der Waals surface area contributed by atoms with Gasteiger partial charge in [-0.1, -0.05) is 96.3 Å². The number of aryl methyl sites for hydroxylation is 1. The van der Waals surface area contributed by atoms with Crippen LogP contribution >= 0.6 is 0 Å². The molecule has 1 unspecified atom stereocenters. The Morgan fingerprint density at radius 2 is 1.36 bits per heavy atom. The second-order valence-electron chi connectivity index (χ2n) is 10.1. The zero-order valence-electron chi connectivity index (χ0n) is 19.0. The molecule has 0 saturated heterocycles. The highest BCUT2D eigenvalue weighted by molar-refractivity contribution is 5.36. The molecule has 1 saturated carbocycles. The second-order valence-corrected chi connectivity index (χ2v) is 10.1. The van der Waals surface area contributed by atoms with Crippen LogP contribution in [0.1, 0.15) is 133 Å². The number of benzene rings is 1. The minimum absolute atomic E-state index is 0.851. The number of rotatable bonds is 11. The van der Waals surface area contributed by atoms with Crippen molar-refractivity contribution in [2.75, 3.05) is 0 Å². The standard InChI is InChI=1S/C28H46/c1-3-5-7-8-10-12-24-15-18-28-22-27(20-19-26(28)21-24)25-16-13-23(14-17-25)11-9-6-4-2/h19-20,22-25H,3-18,21H2,1-2H3/t23-,24?,25-. The molecule has 0 radical (unpaired) electrons. The van der Waals surface area contributed by atoms with Crippen LogP contribution < -0.4 is 0 Å². The molecule has 0 heterocycles. The SMILES string of the molecule is CCCCCCCC1CCc2cc([C@H]3CC[C@H](CCCCC)CC3)ccc2C1. The molecule has 0 heteroatoms. The summed E-state index contributed by atoms with van der Waals surface area (Å²) in [4.78, 5) is 0. The minimum Gasteiger partial charge on any atom is -0.0654 e. The maximum atomic E-state index is 2.62. The number of hydrogen-bond donors (Lipinski definition) is 0. The molecule has 3 rings (SSSR count). The Morgan fingerprint density at radius 3 is 2.14 bits per heavy atom. The van der Waals surface area contributed by atoms with Crippen LogP contribution in [-0.4, -0.2) is 0 Å². The Bertz CT molecular complexity index is 549. The van der Waals surface area contributed by atoms with Crippen LogP contribution in [0.5, 0.6) is 0 Å². The summed E-state index contributed by atoms with van der Waals surface area (Å²) in [6.45, 7) is 4.63. The molecule has 1 aromatic rings. The Balaban J connectivity index is 1.44. The summed E-state index contributed by atoms with van der Waals surface area (Å²) in [5, 5.41) is 0. The molecule has 0 aliphatic heterocycles. The first kappa shape index (κ1) is 21.9. The third kappa shape index (κ3) is 6.64. The fourth-order valence-electron chi connectivity index (χ4n) is 5.85. The summed E-state index contributed by atoms with van der Waals surface area (Å²) in [7, 11) is 0. The van der Waals surface area contributed by atoms with Gasteiger partial charge in [-0.25, -0.2) is 0 Å². The van der Waals surface area contributed by atoms with Crippen LogP contribution in [0.3, 0.4) is 0 Å². The Labute approximate surface area is 175 Å². The van der Waals surface area contributed by atoms with E-state index in [0.717, 1.165) is 17.8 Å². The first-order valence-electron chi connectivity index (χ1n) is 12.9. The summed E-state index contributed by atoms with van der Waals surface area (Å²) >= 11 is 0. The van der Waals surface area contributed by atoms with Gasteiger partial charge in [0.15, 0.2) is 0 Å². The van der Waals surface area contributed by atoms with Crippen molar-refractivity contribution >= 4 is 0 Å². The van der Waals surface area contributed by atoms with Crippen molar-refractivity contribution in [2.24, 2.45) is 11.8 Å². The van der Waals surface area contributed by atoms with Crippen LogP contribution in [0.15, 0.2) is 18.2 Å². The highest BCUT2D eigenvalue weighted by Gasteiger charge is 2.24. The van der Waals surface area contributed by atoms with Crippen LogP contribution in [0.2, 0.25) is 0 Å². The van der Waals surface area contributed by atoms with Gasteiger partial charge in [0, 0.05) is 0 Å². The van der Waals surface area contributed by atoms with Crippen LogP contribution in [0.25, 0.3) is 0 Å². The largest absolute Gasteiger partial charge is 0.0654 e. The third-order valence-electron chi connectivity index (χ3n) is 7.81. The molecule has 0 N–H and O–H groups in total. The van der Waals surface area contributed by atoms with Gasteiger partial charge in [0.2, 0.25) is 0 Å². The number of hydrogen-bond acceptors (Lipinski definition) is 0. The van der Waals surface area contributed by atoms with Gasteiger partial charge in [-0.05, 0) is 79.4 Å². The summed E-state index contributed by atoms with van der Waals surface area (Å²) in [5.41, 5.74) is 5.05. The lowest BCUT2D eigenvalue weighted by molar-refractivity contribution is 0.302. The lowest BCUT2D eigenvalue weighted by Gasteiger charge is -2.30. The van der Waals surface area contributed by atoms with E-state index in [0.29, 0.717) is 0 Å². The summed E-state index contributed by atoms with van der Waals surface area (Å²) < 4.78 is 0. The first-order valence-corrected chi connectivity index (χ1v) is 12.9. The van der Waals surface area contributed by atoms with Gasteiger partial charge in [0.1, 0.15) is 0 Å². The lowest BCUT2D eigenvalue weighted by atomic mass is 9.75. The molecule has 2 aliphatic rings. The zero-order valence-corrected chi connectivity index (χ0v) is 19.0. The summed E-state index contributed by atoms with van der Waals surface area (Å²) in [6.07, 6.45) is 24.3. The van der Waals surface area contributed by atoms with E-state index < -0.39 is 0 Å². The van der Waals surface area contributed by atoms with E-state index in [9.17, 15) is 0 Å². The molecule has 1 aromatic carbocycles. The quantitative estimate of drug-likeness (QED) is 0.335. The smallest absolute Gasteiger partial charge is 0.0162 e. The van der Waals surface area contributed by atoms with E-state index in [2.05, 4.69) is 32.0 Å². The number of fused-ring (bicyclic) bond motifs is 1. The van der Waals surface area contributed by atoms with E-state index in [4.69, 9.17) is 0 Å². The fourth-order valence-corrected chi connectivity index (χ4v) is 5.85. The van der Waals surface area contributed by atoms with Gasteiger partial charge in [-0.15, -0.1) is 0 Å². The lowest BCUT2D eigenvalue weighted by Crippen LogP contribution is -2.16. The van der Waals surface area contributed by atoms with Crippen molar-refractivity contribution in [3.63, 3.8) is 0 Å². The molecule has 0 bridgehead atoms. The third-order valence-corrected chi connectivity index (χ3v) is 7.81. The maximum Gasteiger partial charge on any atom is -0.0162 e. The van der Waals surface area contributed by atoms with Crippen molar-refractivity contribution in [3.05, 3.63) is 34.9 Å². The molecule has 1 fully saturated rings. The molecule has 0 amide bonds. The predicted molar refractivity (Wildman–Crippen MR) is 124 cm³/mol. The monoisotopic (exact) mass is 382 g/mol. The fraction of sp³-hybridized carbons (Fsp3) is 0.786. The number of unbranched alkanes of at least 4 members (excludes halogenated alkanes) is 6. The van der Waals surface area contributed by atoms with Crippen LogP contribution in [-0.2, 0) is 12.8 Å². The maximum absolute atomic E-state index is 2.62. The Kier molecular flexibility index (Phi) is 9.42. The van der Waals surface area contributed by atoms with Gasteiger partial charge in [-0.3, -0.25) is 0 Å². The molecule has 1 atom stereocenters. The average molecular weight is 383 g/mol. The highest BCUT2D eigenvalue weighted by atomic mass is 14.3. The van der Waals surface area contributed by atoms with Crippen molar-refractivity contribution in [1.82, 2.24) is 0 Å². The second kappa shape index (κ2) is 12.0. The van der Waals surface area contributed by atoms with Crippen LogP contribution in [0, 0.1) is 11.8 Å². The molecule has 0 aromatic heterocycles. The first-order chi connectivity index (χ1) is 13.8. The van der Waals surface area contributed by atoms with Gasteiger partial charge in [0.25, 0.3) is 0 Å². The van der Waals surface area contributed by atoms with Gasteiger partial charge >= 0.3 is 0 Å². The molecule has 0 nitrogen and oxygen atoms in total. The molecular weight excluding hydrogens is 336 g/mol. The van der Waals surface area contributed by atoms with Crippen molar-refractivity contribution in [3.8, 4) is 0 Å². The van der Waals surface area contributed by atoms with Gasteiger partial charge < -0.3 is 0 Å². The molecule has 0 spiro atoms. The van der Waals surface area contributed by atoms with Gasteiger partial charge in [-0.2, -0.15) is 0 Å². The molecule has 158 valence electrons. The van der Waals surface area contributed by atoms with Crippen molar-refractivity contribution in [1.29, 1.82) is 0 Å². The summed E-state index contributed by atoms with van der Waals surface area (Å²) in [5.74, 6) is 2.83. The van der Waals surface area contributed by atoms with Crippen molar-refractivity contribution < 1.29 is 0 Å². The molecular formula is C28H46. The Hall–Kier alpha value is -0.780. The summed E-state index contributed by atoms with van der Waals surface area (Å²) in [6, 6.07) is 7.64. The van der Waals surface area contributed by atoms with Crippen molar-refractivity contribution in [2.45, 2.75) is 129 Å². The average Bonchev–Trinajstić information content (AvgIpc) is 2.74. The minimum atomic E-state index is 0.851. The predicted octanol–water partition coefficient (Wildman–Crippen LogP) is 9.01. The van der Waals surface area contributed by atoms with Crippen LogP contribution in [0.4, 0.5) is 0 Å². The molecule has 2 aliphatic carbocycles. The van der Waals surface area contributed by atoms with E-state index in [1.165, 1.54) is 109 Å². The van der Waals surface area contributed by atoms with Gasteiger partial charge in [0.05, 0.1) is 0 Å². The normalized spacial score (nSPS) is 24.9. The van der Waals surface area contributed by atoms with E-state index in [1.807, 2.05) is 0 Å².